The van der Waals surface area contributed by atoms with E-state index in [1.807, 2.05) is 0 Å². The lowest BCUT2D eigenvalue weighted by Crippen LogP contribution is -2.60. The molecular weight excluding hydrogens is 584 g/mol. The van der Waals surface area contributed by atoms with Gasteiger partial charge in [0.15, 0.2) is 5.78 Å². The smallest absolute Gasteiger partial charge is 0.410 e. The molecule has 2 aromatic rings. The molecule has 11 heteroatoms. The van der Waals surface area contributed by atoms with Gasteiger partial charge in [0.25, 0.3) is 5.91 Å². The summed E-state index contributed by atoms with van der Waals surface area (Å²) >= 11 is 0. The fraction of sp³-hybridized carbons (Fsp3) is 0.559. The second kappa shape index (κ2) is 14.8. The maximum Gasteiger partial charge on any atom is 0.410 e. The molecule has 45 heavy (non-hydrogen) atoms. The molecule has 2 amide bonds. The fourth-order valence-corrected chi connectivity index (χ4v) is 6.30. The van der Waals surface area contributed by atoms with Crippen molar-refractivity contribution in [1.82, 2.24) is 15.1 Å². The molecule has 0 aliphatic carbocycles. The van der Waals surface area contributed by atoms with Crippen molar-refractivity contribution >= 4 is 17.8 Å². The van der Waals surface area contributed by atoms with Gasteiger partial charge in [-0.15, -0.1) is 0 Å². The van der Waals surface area contributed by atoms with Crippen LogP contribution < -0.4 is 5.32 Å². The number of carbonyl (C=O) groups is 3. The molecule has 2 heterocycles. The Bertz CT molecular complexity index is 1360. The van der Waals surface area contributed by atoms with Gasteiger partial charge in [-0.05, 0) is 94.3 Å². The standard InChI is InChI=1S/C34H45F2N3O6/c1-21-11-23(16-25(12-21)32(42)38-9-6-7-28(38)20-44-5)30(40)17-24(13-22-14-26(35)18-27(36)15-22)31(41)29-19-37-8-10-39(29)33(43)45-34(2,3)4/h11-12,14-16,18,24,28-29,31,37,41H,6-10,13,17,19-20H2,1-5H3/t24-,28-,29-,31+/m1/s1. The predicted octanol–water partition coefficient (Wildman–Crippen LogP) is 4.53. The first-order valence-corrected chi connectivity index (χ1v) is 15.5. The number of hydrogen-bond donors (Lipinski definition) is 2. The van der Waals surface area contributed by atoms with Crippen LogP contribution in [0.1, 0.15) is 71.9 Å². The number of amides is 2. The van der Waals surface area contributed by atoms with Gasteiger partial charge in [-0.25, -0.2) is 13.6 Å². The molecular formula is C34H45F2N3O6. The van der Waals surface area contributed by atoms with Gasteiger partial charge in [0.2, 0.25) is 0 Å². The number of aliphatic hydroxyl groups excluding tert-OH is 1. The van der Waals surface area contributed by atoms with Crippen molar-refractivity contribution in [3.05, 3.63) is 70.3 Å². The van der Waals surface area contributed by atoms with Gasteiger partial charge in [0, 0.05) is 56.9 Å². The topological polar surface area (TPSA) is 108 Å². The molecule has 9 nitrogen and oxygen atoms in total. The van der Waals surface area contributed by atoms with Crippen LogP contribution in [-0.4, -0.2) is 96.4 Å². The number of benzene rings is 2. The molecule has 2 fully saturated rings. The summed E-state index contributed by atoms with van der Waals surface area (Å²) in [4.78, 5) is 43.7. The van der Waals surface area contributed by atoms with Crippen molar-refractivity contribution in [3.8, 4) is 0 Å². The maximum absolute atomic E-state index is 14.2. The Morgan fingerprint density at radius 2 is 1.71 bits per heavy atom. The van der Waals surface area contributed by atoms with Gasteiger partial charge in [-0.3, -0.25) is 9.59 Å². The molecule has 2 saturated heterocycles. The van der Waals surface area contributed by atoms with E-state index in [9.17, 15) is 28.3 Å². The summed E-state index contributed by atoms with van der Waals surface area (Å²) < 4.78 is 39.2. The summed E-state index contributed by atoms with van der Waals surface area (Å²) in [6, 6.07) is 7.32. The van der Waals surface area contributed by atoms with E-state index in [0.29, 0.717) is 30.8 Å². The minimum absolute atomic E-state index is 0.0235. The zero-order valence-electron chi connectivity index (χ0n) is 26.8. The Morgan fingerprint density at radius 1 is 1.02 bits per heavy atom. The largest absolute Gasteiger partial charge is 0.444 e. The number of rotatable bonds is 10. The van der Waals surface area contributed by atoms with E-state index in [4.69, 9.17) is 9.47 Å². The van der Waals surface area contributed by atoms with Gasteiger partial charge >= 0.3 is 6.09 Å². The summed E-state index contributed by atoms with van der Waals surface area (Å²) in [6.45, 7) is 9.09. The molecule has 0 aromatic heterocycles. The van der Waals surface area contributed by atoms with Crippen molar-refractivity contribution in [2.75, 3.05) is 39.9 Å². The van der Waals surface area contributed by atoms with Crippen molar-refractivity contribution in [2.45, 2.75) is 77.2 Å². The molecule has 0 saturated carbocycles. The van der Waals surface area contributed by atoms with E-state index in [-0.39, 0.29) is 49.2 Å². The molecule has 0 radical (unpaired) electrons. The normalized spacial score (nSPS) is 20.2. The van der Waals surface area contributed by atoms with Crippen LogP contribution in [0.25, 0.3) is 0 Å². The third-order valence-electron chi connectivity index (χ3n) is 8.30. The lowest BCUT2D eigenvalue weighted by molar-refractivity contribution is -0.0270. The van der Waals surface area contributed by atoms with E-state index in [2.05, 4.69) is 5.32 Å². The minimum atomic E-state index is -1.24. The number of nitrogens with zero attached hydrogens (tertiary/aromatic N) is 2. The van der Waals surface area contributed by atoms with Crippen LogP contribution in [0.2, 0.25) is 0 Å². The second-order valence-corrected chi connectivity index (χ2v) is 13.1. The molecule has 0 bridgehead atoms. The second-order valence-electron chi connectivity index (χ2n) is 13.1. The number of aliphatic hydroxyl groups is 1. The number of piperazine rings is 1. The van der Waals surface area contributed by atoms with Gasteiger partial charge in [0.1, 0.15) is 17.2 Å². The van der Waals surface area contributed by atoms with Crippen LogP contribution in [0.5, 0.6) is 0 Å². The van der Waals surface area contributed by atoms with Crippen LogP contribution in [0.15, 0.2) is 36.4 Å². The molecule has 2 N–H and O–H groups in total. The number of likely N-dealkylation sites (tertiary alicyclic amines) is 1. The highest BCUT2D eigenvalue weighted by Gasteiger charge is 2.39. The summed E-state index contributed by atoms with van der Waals surface area (Å²) in [5.41, 5.74) is 0.927. The third-order valence-corrected chi connectivity index (χ3v) is 8.30. The average Bonchev–Trinajstić information content (AvgIpc) is 3.42. The lowest BCUT2D eigenvalue weighted by atomic mass is 9.83. The van der Waals surface area contributed by atoms with Crippen LogP contribution in [-0.2, 0) is 15.9 Å². The van der Waals surface area contributed by atoms with E-state index < -0.39 is 41.4 Å². The SMILES string of the molecule is COC[C@H]1CCCN1C(=O)c1cc(C)cc(C(=O)C[C@@H](Cc2cc(F)cc(F)c2)[C@H](O)[C@H]2CNCCN2C(=O)OC(C)(C)C)c1. The highest BCUT2D eigenvalue weighted by atomic mass is 19.1. The quantitative estimate of drug-likeness (QED) is 0.372. The highest BCUT2D eigenvalue weighted by Crippen LogP contribution is 2.28. The summed E-state index contributed by atoms with van der Waals surface area (Å²) in [5, 5.41) is 15.0. The highest BCUT2D eigenvalue weighted by molar-refractivity contribution is 6.01. The molecule has 4 atom stereocenters. The van der Waals surface area contributed by atoms with Crippen molar-refractivity contribution < 1.29 is 37.7 Å². The lowest BCUT2D eigenvalue weighted by Gasteiger charge is -2.41. The van der Waals surface area contributed by atoms with Gasteiger partial charge in [-0.2, -0.15) is 0 Å². The monoisotopic (exact) mass is 629 g/mol. The molecule has 0 spiro atoms. The van der Waals surface area contributed by atoms with E-state index in [1.54, 1.807) is 57.9 Å². The first-order chi connectivity index (χ1) is 21.3. The third kappa shape index (κ3) is 9.08. The Kier molecular flexibility index (Phi) is 11.3. The molecule has 4 rings (SSSR count). The predicted molar refractivity (Wildman–Crippen MR) is 165 cm³/mol. The Morgan fingerprint density at radius 3 is 2.38 bits per heavy atom. The first kappa shape index (κ1) is 34.5. The van der Waals surface area contributed by atoms with Crippen molar-refractivity contribution in [1.29, 1.82) is 0 Å². The van der Waals surface area contributed by atoms with Crippen LogP contribution >= 0.6 is 0 Å². The van der Waals surface area contributed by atoms with Crippen LogP contribution in [0.4, 0.5) is 13.6 Å². The zero-order valence-corrected chi connectivity index (χ0v) is 26.8. The van der Waals surface area contributed by atoms with Gasteiger partial charge < -0.3 is 29.7 Å². The van der Waals surface area contributed by atoms with E-state index >= 15 is 0 Å². The Labute approximate surface area is 263 Å². The molecule has 246 valence electrons. The summed E-state index contributed by atoms with van der Waals surface area (Å²) in [7, 11) is 1.60. The van der Waals surface area contributed by atoms with Crippen molar-refractivity contribution in [2.24, 2.45) is 5.92 Å². The Hall–Kier alpha value is -3.41. The first-order valence-electron chi connectivity index (χ1n) is 15.5. The van der Waals surface area contributed by atoms with Crippen molar-refractivity contribution in [3.63, 3.8) is 0 Å². The molecule has 2 aliphatic heterocycles. The Balaban J connectivity index is 1.62. The number of nitrogens with one attached hydrogen (secondary N) is 1. The zero-order chi connectivity index (χ0) is 32.9. The molecule has 2 aliphatic rings. The fourth-order valence-electron chi connectivity index (χ4n) is 6.30. The van der Waals surface area contributed by atoms with Crippen LogP contribution in [0.3, 0.4) is 0 Å². The summed E-state index contributed by atoms with van der Waals surface area (Å²) in [5.74, 6) is -2.88. The maximum atomic E-state index is 14.2. The van der Waals surface area contributed by atoms with E-state index in [0.717, 1.165) is 24.5 Å². The number of ether oxygens (including phenoxy) is 2. The van der Waals surface area contributed by atoms with E-state index in [1.165, 1.54) is 17.0 Å². The van der Waals surface area contributed by atoms with Gasteiger partial charge in [-0.1, -0.05) is 0 Å². The molecule has 2 aromatic carbocycles. The summed E-state index contributed by atoms with van der Waals surface area (Å²) in [6.07, 6.45) is -0.340. The molecule has 0 unspecified atom stereocenters. The number of hydrogen-bond acceptors (Lipinski definition) is 7. The van der Waals surface area contributed by atoms with Gasteiger partial charge in [0.05, 0.1) is 24.8 Å². The number of halogens is 2. The minimum Gasteiger partial charge on any atom is -0.444 e. The number of carbonyl (C=O) groups excluding carboxylic acids is 3. The number of ketones is 1. The number of Topliss-reactive ketones (excluding diaryl/α,β-unsaturated/α-hetero) is 1. The van der Waals surface area contributed by atoms with Crippen LogP contribution in [0, 0.1) is 24.5 Å². The average molecular weight is 630 g/mol. The number of methoxy groups -OCH3 is 1. The number of aryl methyl sites for hydroxylation is 1.